The van der Waals surface area contributed by atoms with Gasteiger partial charge in [-0.2, -0.15) is 0 Å². The lowest BCUT2D eigenvalue weighted by Gasteiger charge is -1.99. The minimum Gasteiger partial charge on any atom is -0.302 e. The first-order valence-corrected chi connectivity index (χ1v) is 11.3. The SMILES string of the molecule is Cc1c(C(=O)Nc2nnc(SCc3cccs3)s2)sc2ncn(C)c(=O)c12. The molecule has 0 atom stereocenters. The molecule has 0 radical (unpaired) electrons. The van der Waals surface area contributed by atoms with E-state index in [1.54, 1.807) is 37.1 Å². The number of aryl methyl sites for hydroxylation is 2. The van der Waals surface area contributed by atoms with Crippen LogP contribution in [-0.4, -0.2) is 25.7 Å². The van der Waals surface area contributed by atoms with E-state index in [1.807, 2.05) is 11.4 Å². The summed E-state index contributed by atoms with van der Waals surface area (Å²) in [6, 6.07) is 4.09. The quantitative estimate of drug-likeness (QED) is 0.379. The molecule has 11 heteroatoms. The van der Waals surface area contributed by atoms with E-state index in [0.29, 0.717) is 25.8 Å². The van der Waals surface area contributed by atoms with Crippen LogP contribution in [0.5, 0.6) is 0 Å². The maximum atomic E-state index is 12.7. The molecule has 0 bridgehead atoms. The molecule has 0 spiro atoms. The van der Waals surface area contributed by atoms with Crippen LogP contribution in [0.4, 0.5) is 5.13 Å². The molecule has 4 rings (SSSR count). The van der Waals surface area contributed by atoms with E-state index in [1.165, 1.54) is 38.4 Å². The molecule has 27 heavy (non-hydrogen) atoms. The Labute approximate surface area is 170 Å². The highest BCUT2D eigenvalue weighted by Crippen LogP contribution is 2.31. The Morgan fingerprint density at radius 1 is 1.33 bits per heavy atom. The molecule has 4 aromatic heterocycles. The van der Waals surface area contributed by atoms with Crippen molar-refractivity contribution in [2.24, 2.45) is 7.05 Å². The van der Waals surface area contributed by atoms with E-state index in [0.717, 1.165) is 10.1 Å². The normalized spacial score (nSPS) is 11.2. The van der Waals surface area contributed by atoms with Gasteiger partial charge in [-0.15, -0.1) is 32.9 Å². The minimum absolute atomic E-state index is 0.157. The monoisotopic (exact) mass is 435 g/mol. The molecule has 0 aliphatic heterocycles. The van der Waals surface area contributed by atoms with Gasteiger partial charge in [-0.3, -0.25) is 14.9 Å². The van der Waals surface area contributed by atoms with E-state index in [2.05, 4.69) is 26.6 Å². The van der Waals surface area contributed by atoms with Crippen molar-refractivity contribution in [2.45, 2.75) is 17.0 Å². The first-order valence-electron chi connectivity index (χ1n) is 7.77. The zero-order valence-electron chi connectivity index (χ0n) is 14.3. The maximum Gasteiger partial charge on any atom is 0.267 e. The van der Waals surface area contributed by atoms with E-state index in [4.69, 9.17) is 0 Å². The number of amides is 1. The summed E-state index contributed by atoms with van der Waals surface area (Å²) in [5, 5.41) is 13.9. The van der Waals surface area contributed by atoms with Gasteiger partial charge in [0.1, 0.15) is 4.83 Å². The highest BCUT2D eigenvalue weighted by molar-refractivity contribution is 8.00. The van der Waals surface area contributed by atoms with Gasteiger partial charge in [0.2, 0.25) is 5.13 Å². The second kappa shape index (κ2) is 7.50. The van der Waals surface area contributed by atoms with Gasteiger partial charge in [0, 0.05) is 17.7 Å². The average Bonchev–Trinajstić information content (AvgIpc) is 3.37. The van der Waals surface area contributed by atoms with Gasteiger partial charge in [-0.1, -0.05) is 29.2 Å². The summed E-state index contributed by atoms with van der Waals surface area (Å²) < 4.78 is 2.20. The summed E-state index contributed by atoms with van der Waals surface area (Å²) in [5.41, 5.74) is 0.481. The van der Waals surface area contributed by atoms with Crippen LogP contribution in [0.3, 0.4) is 0 Å². The molecule has 7 nitrogen and oxygen atoms in total. The molecule has 1 N–H and O–H groups in total. The van der Waals surface area contributed by atoms with E-state index >= 15 is 0 Å². The van der Waals surface area contributed by atoms with Crippen LogP contribution in [0.1, 0.15) is 20.1 Å². The second-order valence-corrected chi connectivity index (χ2v) is 9.82. The van der Waals surface area contributed by atoms with Gasteiger partial charge < -0.3 is 4.57 Å². The number of aromatic nitrogens is 4. The van der Waals surface area contributed by atoms with E-state index in [9.17, 15) is 9.59 Å². The third-order valence-corrected chi connectivity index (χ3v) is 8.04. The largest absolute Gasteiger partial charge is 0.302 e. The van der Waals surface area contributed by atoms with Crippen LogP contribution in [0.25, 0.3) is 10.2 Å². The summed E-state index contributed by atoms with van der Waals surface area (Å²) in [7, 11) is 1.64. The Bertz CT molecular complexity index is 1180. The number of hydrogen-bond donors (Lipinski definition) is 1. The standard InChI is InChI=1S/C16H13N5O2S4/c1-8-10-13(17-7-21(2)14(10)23)26-11(8)12(22)18-15-19-20-16(27-15)25-6-9-4-3-5-24-9/h3-5,7H,6H2,1-2H3,(H,18,19,22). The molecule has 0 aliphatic rings. The van der Waals surface area contributed by atoms with Crippen LogP contribution < -0.4 is 10.9 Å². The summed E-state index contributed by atoms with van der Waals surface area (Å²) in [6.45, 7) is 1.76. The fourth-order valence-corrected chi connectivity index (χ4v) is 5.98. The number of anilines is 1. The average molecular weight is 436 g/mol. The molecule has 0 aromatic carbocycles. The highest BCUT2D eigenvalue weighted by atomic mass is 32.2. The number of hydrogen-bond acceptors (Lipinski definition) is 9. The first kappa shape index (κ1) is 18.3. The van der Waals surface area contributed by atoms with Gasteiger partial charge in [-0.25, -0.2) is 4.98 Å². The highest BCUT2D eigenvalue weighted by Gasteiger charge is 2.20. The third kappa shape index (κ3) is 3.68. The maximum absolute atomic E-state index is 12.7. The molecule has 4 aromatic rings. The van der Waals surface area contributed by atoms with Crippen molar-refractivity contribution in [3.63, 3.8) is 0 Å². The zero-order chi connectivity index (χ0) is 19.0. The third-order valence-electron chi connectivity index (χ3n) is 3.76. The second-order valence-electron chi connectivity index (χ2n) is 5.59. The van der Waals surface area contributed by atoms with Gasteiger partial charge in [0.05, 0.1) is 16.6 Å². The minimum atomic E-state index is -0.302. The van der Waals surface area contributed by atoms with Gasteiger partial charge in [0.25, 0.3) is 11.5 Å². The molecule has 4 heterocycles. The van der Waals surface area contributed by atoms with Crippen LogP contribution in [-0.2, 0) is 12.8 Å². The molecule has 1 amide bonds. The molecule has 0 fully saturated rings. The van der Waals surface area contributed by atoms with Crippen molar-refractivity contribution < 1.29 is 4.79 Å². The number of fused-ring (bicyclic) bond motifs is 1. The predicted octanol–water partition coefficient (Wildman–Crippen LogP) is 3.76. The molecule has 0 saturated carbocycles. The molecule has 0 unspecified atom stereocenters. The first-order chi connectivity index (χ1) is 13.0. The van der Waals surface area contributed by atoms with E-state index in [-0.39, 0.29) is 11.5 Å². The summed E-state index contributed by atoms with van der Waals surface area (Å²) in [6.07, 6.45) is 1.46. The van der Waals surface area contributed by atoms with Gasteiger partial charge in [-0.05, 0) is 23.9 Å². The lowest BCUT2D eigenvalue weighted by Crippen LogP contribution is -2.17. The lowest BCUT2D eigenvalue weighted by molar-refractivity contribution is 0.103. The van der Waals surface area contributed by atoms with Crippen molar-refractivity contribution in [2.75, 3.05) is 5.32 Å². The van der Waals surface area contributed by atoms with Crippen molar-refractivity contribution in [3.8, 4) is 0 Å². The fraction of sp³-hybridized carbons (Fsp3) is 0.188. The Morgan fingerprint density at radius 3 is 2.96 bits per heavy atom. The molecule has 138 valence electrons. The Balaban J connectivity index is 1.51. The number of nitrogens with zero attached hydrogens (tertiary/aromatic N) is 4. The number of carbonyl (C=O) groups is 1. The smallest absolute Gasteiger partial charge is 0.267 e. The fourth-order valence-electron chi connectivity index (χ4n) is 2.43. The number of rotatable bonds is 5. The van der Waals surface area contributed by atoms with Crippen molar-refractivity contribution in [3.05, 3.63) is 49.5 Å². The van der Waals surface area contributed by atoms with Crippen molar-refractivity contribution in [1.29, 1.82) is 0 Å². The number of thiophene rings is 2. The van der Waals surface area contributed by atoms with Crippen molar-refractivity contribution in [1.82, 2.24) is 19.7 Å². The van der Waals surface area contributed by atoms with Gasteiger partial charge in [0.15, 0.2) is 4.34 Å². The lowest BCUT2D eigenvalue weighted by atomic mass is 10.2. The Kier molecular flexibility index (Phi) is 5.08. The number of carbonyl (C=O) groups excluding carboxylic acids is 1. The van der Waals surface area contributed by atoms with E-state index < -0.39 is 0 Å². The Morgan fingerprint density at radius 2 is 2.19 bits per heavy atom. The summed E-state index contributed by atoms with van der Waals surface area (Å²) in [5.74, 6) is 0.522. The summed E-state index contributed by atoms with van der Waals surface area (Å²) >= 11 is 5.82. The van der Waals surface area contributed by atoms with Gasteiger partial charge >= 0.3 is 0 Å². The molecular weight excluding hydrogens is 422 g/mol. The van der Waals surface area contributed by atoms with Crippen LogP contribution in [0.15, 0.2) is 33.0 Å². The van der Waals surface area contributed by atoms with Crippen LogP contribution >= 0.6 is 45.8 Å². The van der Waals surface area contributed by atoms with Crippen LogP contribution in [0, 0.1) is 6.92 Å². The van der Waals surface area contributed by atoms with Crippen LogP contribution in [0.2, 0.25) is 0 Å². The summed E-state index contributed by atoms with van der Waals surface area (Å²) in [4.78, 5) is 31.5. The molecule has 0 saturated heterocycles. The molecule has 0 aliphatic carbocycles. The number of thioether (sulfide) groups is 1. The number of nitrogens with one attached hydrogen (secondary N) is 1. The Hall–Kier alpha value is -2.08. The predicted molar refractivity (Wildman–Crippen MR) is 111 cm³/mol. The topological polar surface area (TPSA) is 89.8 Å². The molecular formula is C16H13N5O2S4. The zero-order valence-corrected chi connectivity index (χ0v) is 17.5. The van der Waals surface area contributed by atoms with Crippen molar-refractivity contribution >= 4 is 67.0 Å².